The van der Waals surface area contributed by atoms with Crippen LogP contribution < -0.4 is 5.32 Å². The van der Waals surface area contributed by atoms with Gasteiger partial charge in [0, 0.05) is 19.6 Å². The van der Waals surface area contributed by atoms with Gasteiger partial charge in [-0.3, -0.25) is 4.79 Å². The second-order valence-electron chi connectivity index (χ2n) is 4.35. The van der Waals surface area contributed by atoms with Gasteiger partial charge < -0.3 is 15.0 Å². The van der Waals surface area contributed by atoms with Crippen molar-refractivity contribution in [2.24, 2.45) is 0 Å². The van der Waals surface area contributed by atoms with E-state index in [2.05, 4.69) is 5.32 Å². The molecule has 1 aromatic carbocycles. The van der Waals surface area contributed by atoms with Gasteiger partial charge in [-0.2, -0.15) is 0 Å². The Hall–Kier alpha value is -1.88. The molecule has 1 aliphatic heterocycles. The molecule has 1 N–H and O–H groups in total. The van der Waals surface area contributed by atoms with Crippen molar-refractivity contribution >= 4 is 11.9 Å². The number of hydrogen-bond donors (Lipinski definition) is 1. The number of nitrogens with one attached hydrogen (secondary N) is 1. The lowest BCUT2D eigenvalue weighted by Gasteiger charge is -2.35. The Morgan fingerprint density at radius 2 is 2.11 bits per heavy atom. The third-order valence-electron chi connectivity index (χ3n) is 3.14. The molecule has 1 aromatic rings. The largest absolute Gasteiger partial charge is 0.459 e. The lowest BCUT2D eigenvalue weighted by Crippen LogP contribution is -2.51. The van der Waals surface area contributed by atoms with Crippen LogP contribution in [0.4, 0.5) is 0 Å². The first-order valence-electron chi connectivity index (χ1n) is 6.47. The zero-order chi connectivity index (χ0) is 13.7. The van der Waals surface area contributed by atoms with E-state index in [1.165, 1.54) is 0 Å². The molecule has 0 aliphatic carbocycles. The molecule has 1 atom stereocenters. The van der Waals surface area contributed by atoms with Crippen molar-refractivity contribution in [1.29, 1.82) is 0 Å². The van der Waals surface area contributed by atoms with Crippen molar-refractivity contribution in [2.45, 2.75) is 13.0 Å². The number of ether oxygens (including phenoxy) is 1. The van der Waals surface area contributed by atoms with E-state index in [1.807, 2.05) is 30.3 Å². The topological polar surface area (TPSA) is 58.6 Å². The highest BCUT2D eigenvalue weighted by atomic mass is 16.5. The van der Waals surface area contributed by atoms with E-state index < -0.39 is 11.9 Å². The molecule has 1 heterocycles. The minimum atomic E-state index is -0.773. The number of amides is 1. The maximum absolute atomic E-state index is 12.1. The molecule has 1 fully saturated rings. The molecule has 1 amide bonds. The second-order valence-corrected chi connectivity index (χ2v) is 4.35. The molecule has 19 heavy (non-hydrogen) atoms. The van der Waals surface area contributed by atoms with Gasteiger partial charge in [-0.25, -0.2) is 4.79 Å². The Morgan fingerprint density at radius 1 is 1.37 bits per heavy atom. The third-order valence-corrected chi connectivity index (χ3v) is 3.14. The number of esters is 1. The van der Waals surface area contributed by atoms with Crippen LogP contribution in [0, 0.1) is 0 Å². The Morgan fingerprint density at radius 3 is 2.79 bits per heavy atom. The van der Waals surface area contributed by atoms with Crippen LogP contribution in [-0.2, 0) is 14.3 Å². The van der Waals surface area contributed by atoms with Crippen molar-refractivity contribution < 1.29 is 14.3 Å². The second kappa shape index (κ2) is 6.33. The Balaban J connectivity index is 2.17. The summed E-state index contributed by atoms with van der Waals surface area (Å²) in [6.07, 6.45) is 0. The molecule has 0 saturated carbocycles. The van der Waals surface area contributed by atoms with Gasteiger partial charge in [0.05, 0.1) is 12.6 Å². The first-order chi connectivity index (χ1) is 9.24. The van der Waals surface area contributed by atoms with Gasteiger partial charge in [-0.1, -0.05) is 30.3 Å². The lowest BCUT2D eigenvalue weighted by atomic mass is 10.0. The van der Waals surface area contributed by atoms with Crippen LogP contribution in [0.3, 0.4) is 0 Å². The summed E-state index contributed by atoms with van der Waals surface area (Å²) < 4.78 is 4.79. The number of rotatable bonds is 2. The highest BCUT2D eigenvalue weighted by molar-refractivity contribution is 6.32. The first kappa shape index (κ1) is 13.5. The van der Waals surface area contributed by atoms with E-state index in [0.717, 1.165) is 5.56 Å². The van der Waals surface area contributed by atoms with E-state index in [4.69, 9.17) is 4.74 Å². The van der Waals surface area contributed by atoms with Crippen LogP contribution in [0.5, 0.6) is 0 Å². The first-order valence-corrected chi connectivity index (χ1v) is 6.47. The fraction of sp³-hybridized carbons (Fsp3) is 0.429. The van der Waals surface area contributed by atoms with Gasteiger partial charge in [0.2, 0.25) is 0 Å². The molecule has 2 rings (SSSR count). The summed E-state index contributed by atoms with van der Waals surface area (Å²) in [5.41, 5.74) is 1.02. The molecule has 1 aliphatic rings. The molecule has 5 nitrogen and oxygen atoms in total. The molecule has 0 spiro atoms. The van der Waals surface area contributed by atoms with Crippen molar-refractivity contribution in [3.8, 4) is 0 Å². The van der Waals surface area contributed by atoms with Crippen LogP contribution in [0.15, 0.2) is 30.3 Å². The highest BCUT2D eigenvalue weighted by Crippen LogP contribution is 2.22. The standard InChI is InChI=1S/C14H18N2O3/c1-2-19-14(18)13(17)16-9-8-15-10-12(16)11-6-4-3-5-7-11/h3-7,12,15H,2,8-10H2,1H3. The number of nitrogens with zero attached hydrogens (tertiary/aromatic N) is 1. The zero-order valence-electron chi connectivity index (χ0n) is 11.0. The van der Waals surface area contributed by atoms with E-state index in [-0.39, 0.29) is 12.6 Å². The van der Waals surface area contributed by atoms with Crippen LogP contribution in [-0.4, -0.2) is 43.0 Å². The molecule has 5 heteroatoms. The van der Waals surface area contributed by atoms with Gasteiger partial charge in [0.1, 0.15) is 0 Å². The molecule has 1 saturated heterocycles. The Kier molecular flexibility index (Phi) is 4.52. The Labute approximate surface area is 112 Å². The molecule has 102 valence electrons. The van der Waals surface area contributed by atoms with Gasteiger partial charge >= 0.3 is 11.9 Å². The van der Waals surface area contributed by atoms with E-state index in [0.29, 0.717) is 19.6 Å². The fourth-order valence-electron chi connectivity index (χ4n) is 2.23. The summed E-state index contributed by atoms with van der Waals surface area (Å²) in [4.78, 5) is 25.3. The predicted molar refractivity (Wildman–Crippen MR) is 70.4 cm³/mol. The molecule has 0 bridgehead atoms. The van der Waals surface area contributed by atoms with Crippen molar-refractivity contribution in [3.05, 3.63) is 35.9 Å². The zero-order valence-corrected chi connectivity index (χ0v) is 11.0. The van der Waals surface area contributed by atoms with Crippen LogP contribution >= 0.6 is 0 Å². The minimum absolute atomic E-state index is 0.119. The summed E-state index contributed by atoms with van der Waals surface area (Å²) in [5, 5.41) is 3.24. The molecule has 0 aromatic heterocycles. The average molecular weight is 262 g/mol. The number of carbonyl (C=O) groups excluding carboxylic acids is 2. The number of benzene rings is 1. The van der Waals surface area contributed by atoms with E-state index in [1.54, 1.807) is 11.8 Å². The maximum atomic E-state index is 12.1. The van der Waals surface area contributed by atoms with Crippen LogP contribution in [0.1, 0.15) is 18.5 Å². The van der Waals surface area contributed by atoms with Crippen molar-refractivity contribution in [2.75, 3.05) is 26.2 Å². The van der Waals surface area contributed by atoms with Crippen LogP contribution in [0.2, 0.25) is 0 Å². The summed E-state index contributed by atoms with van der Waals surface area (Å²) >= 11 is 0. The van der Waals surface area contributed by atoms with Crippen molar-refractivity contribution in [1.82, 2.24) is 10.2 Å². The maximum Gasteiger partial charge on any atom is 0.397 e. The minimum Gasteiger partial charge on any atom is -0.459 e. The monoisotopic (exact) mass is 262 g/mol. The summed E-state index contributed by atoms with van der Waals surface area (Å²) in [7, 11) is 0. The predicted octanol–water partition coefficient (Wildman–Crippen LogP) is 0.723. The SMILES string of the molecule is CCOC(=O)C(=O)N1CCNCC1c1ccccc1. The third kappa shape index (κ3) is 3.12. The fourth-order valence-corrected chi connectivity index (χ4v) is 2.23. The number of hydrogen-bond acceptors (Lipinski definition) is 4. The molecular weight excluding hydrogens is 244 g/mol. The Bertz CT molecular complexity index is 447. The van der Waals surface area contributed by atoms with Crippen molar-refractivity contribution in [3.63, 3.8) is 0 Å². The van der Waals surface area contributed by atoms with Gasteiger partial charge in [0.15, 0.2) is 0 Å². The normalized spacial score (nSPS) is 19.0. The van der Waals surface area contributed by atoms with E-state index >= 15 is 0 Å². The average Bonchev–Trinajstić information content (AvgIpc) is 2.47. The van der Waals surface area contributed by atoms with Crippen LogP contribution in [0.25, 0.3) is 0 Å². The summed E-state index contributed by atoms with van der Waals surface area (Å²) in [5.74, 6) is -1.33. The molecule has 1 unspecified atom stereocenters. The number of carbonyl (C=O) groups is 2. The van der Waals surface area contributed by atoms with Gasteiger partial charge in [0.25, 0.3) is 0 Å². The summed E-state index contributed by atoms with van der Waals surface area (Å²) in [6.45, 7) is 3.76. The molecular formula is C14H18N2O3. The highest BCUT2D eigenvalue weighted by Gasteiger charge is 2.32. The van der Waals surface area contributed by atoms with Gasteiger partial charge in [-0.15, -0.1) is 0 Å². The molecule has 0 radical (unpaired) electrons. The number of piperazine rings is 1. The quantitative estimate of drug-likeness (QED) is 0.630. The van der Waals surface area contributed by atoms with E-state index in [9.17, 15) is 9.59 Å². The van der Waals surface area contributed by atoms with Gasteiger partial charge in [-0.05, 0) is 12.5 Å². The smallest absolute Gasteiger partial charge is 0.397 e. The summed E-state index contributed by atoms with van der Waals surface area (Å²) in [6, 6.07) is 9.59. The lowest BCUT2D eigenvalue weighted by molar-refractivity contribution is -0.161.